The number of para-hydroxylation sites is 2. The van der Waals surface area contributed by atoms with Gasteiger partial charge in [0.2, 0.25) is 5.91 Å². The van der Waals surface area contributed by atoms with E-state index in [0.29, 0.717) is 37.3 Å². The highest BCUT2D eigenvalue weighted by Crippen LogP contribution is 2.28. The van der Waals surface area contributed by atoms with E-state index >= 15 is 0 Å². The summed E-state index contributed by atoms with van der Waals surface area (Å²) in [7, 11) is 3.22. The van der Waals surface area contributed by atoms with E-state index in [-0.39, 0.29) is 11.7 Å². The third kappa shape index (κ3) is 5.67. The second-order valence-electron chi connectivity index (χ2n) is 8.72. The summed E-state index contributed by atoms with van der Waals surface area (Å²) in [6.07, 6.45) is 2.70. The third-order valence-electron chi connectivity index (χ3n) is 6.28. The van der Waals surface area contributed by atoms with Gasteiger partial charge in [-0.1, -0.05) is 43.7 Å². The van der Waals surface area contributed by atoms with Crippen LogP contribution in [-0.2, 0) is 17.6 Å². The molecular weight excluding hydrogens is 457 g/mol. The minimum atomic E-state index is -0.400. The van der Waals surface area contributed by atoms with Crippen molar-refractivity contribution in [2.45, 2.75) is 38.6 Å². The van der Waals surface area contributed by atoms with E-state index < -0.39 is 6.04 Å². The molecule has 6 nitrogen and oxygen atoms in total. The van der Waals surface area contributed by atoms with Crippen molar-refractivity contribution in [2.24, 2.45) is 0 Å². The standard InChI is InChI=1S/C29H32FN3O3/c1-4-7-25(29(34)31-17-16-21-12-15-26(35-2)27(18-21)36-3)33-24-9-6-5-8-23(24)32-28(33)19-20-10-13-22(30)14-11-20/h5-6,8-15,18,25H,4,7,16-17,19H2,1-3H3,(H,31,34)/t25-/m0/s1. The van der Waals surface area contributed by atoms with Crippen molar-refractivity contribution < 1.29 is 18.7 Å². The van der Waals surface area contributed by atoms with Crippen molar-refractivity contribution >= 4 is 16.9 Å². The van der Waals surface area contributed by atoms with E-state index in [1.165, 1.54) is 12.1 Å². The van der Waals surface area contributed by atoms with Crippen molar-refractivity contribution in [3.8, 4) is 11.5 Å². The van der Waals surface area contributed by atoms with Crippen LogP contribution in [0.2, 0.25) is 0 Å². The number of hydrogen-bond acceptors (Lipinski definition) is 4. The molecule has 4 rings (SSSR count). The molecule has 0 bridgehead atoms. The number of methoxy groups -OCH3 is 2. The van der Waals surface area contributed by atoms with Gasteiger partial charge in [0.25, 0.3) is 0 Å². The van der Waals surface area contributed by atoms with E-state index in [1.54, 1.807) is 26.4 Å². The van der Waals surface area contributed by atoms with Crippen LogP contribution in [-0.4, -0.2) is 36.2 Å². The number of benzene rings is 3. The highest BCUT2D eigenvalue weighted by molar-refractivity contribution is 5.84. The Balaban J connectivity index is 1.56. The number of hydrogen-bond donors (Lipinski definition) is 1. The SMILES string of the molecule is CCC[C@@H](C(=O)NCCc1ccc(OC)c(OC)c1)n1c(Cc2ccc(F)cc2)nc2ccccc21. The molecule has 0 saturated carbocycles. The summed E-state index contributed by atoms with van der Waals surface area (Å²) in [5, 5.41) is 3.12. The molecule has 4 aromatic rings. The van der Waals surface area contributed by atoms with Crippen molar-refractivity contribution in [1.29, 1.82) is 0 Å². The van der Waals surface area contributed by atoms with Gasteiger partial charge in [0, 0.05) is 13.0 Å². The lowest BCUT2D eigenvalue weighted by Crippen LogP contribution is -2.34. The lowest BCUT2D eigenvalue weighted by atomic mass is 10.1. The van der Waals surface area contributed by atoms with E-state index in [0.717, 1.165) is 34.4 Å². The zero-order chi connectivity index (χ0) is 25.5. The van der Waals surface area contributed by atoms with Gasteiger partial charge in [-0.2, -0.15) is 0 Å². The Morgan fingerprint density at radius 3 is 2.44 bits per heavy atom. The summed E-state index contributed by atoms with van der Waals surface area (Å²) in [5.74, 6) is 1.82. The molecule has 1 atom stereocenters. The summed E-state index contributed by atoms with van der Waals surface area (Å²) < 4.78 is 26.2. The van der Waals surface area contributed by atoms with Gasteiger partial charge in [0.1, 0.15) is 17.7 Å². The summed E-state index contributed by atoms with van der Waals surface area (Å²) in [4.78, 5) is 18.3. The number of ether oxygens (including phenoxy) is 2. The lowest BCUT2D eigenvalue weighted by molar-refractivity contribution is -0.124. The molecule has 0 aliphatic rings. The van der Waals surface area contributed by atoms with Crippen molar-refractivity contribution in [3.05, 3.63) is 89.5 Å². The number of imidazole rings is 1. The minimum Gasteiger partial charge on any atom is -0.493 e. The maximum Gasteiger partial charge on any atom is 0.243 e. The molecular formula is C29H32FN3O3. The Bertz CT molecular complexity index is 1320. The van der Waals surface area contributed by atoms with Crippen molar-refractivity contribution in [3.63, 3.8) is 0 Å². The molecule has 1 aromatic heterocycles. The summed E-state index contributed by atoms with van der Waals surface area (Å²) >= 11 is 0. The maximum atomic E-state index is 13.5. The van der Waals surface area contributed by atoms with E-state index in [4.69, 9.17) is 14.5 Å². The highest BCUT2D eigenvalue weighted by Gasteiger charge is 2.25. The van der Waals surface area contributed by atoms with Gasteiger partial charge in [-0.3, -0.25) is 4.79 Å². The van der Waals surface area contributed by atoms with Crippen LogP contribution < -0.4 is 14.8 Å². The van der Waals surface area contributed by atoms with Crippen LogP contribution >= 0.6 is 0 Å². The molecule has 0 radical (unpaired) electrons. The van der Waals surface area contributed by atoms with Gasteiger partial charge < -0.3 is 19.4 Å². The quantitative estimate of drug-likeness (QED) is 0.303. The number of aromatic nitrogens is 2. The molecule has 0 aliphatic carbocycles. The number of carbonyl (C=O) groups excluding carboxylic acids is 1. The molecule has 1 amide bonds. The Morgan fingerprint density at radius 1 is 1.00 bits per heavy atom. The Labute approximate surface area is 211 Å². The van der Waals surface area contributed by atoms with Crippen LogP contribution in [0.1, 0.15) is 42.8 Å². The Hall–Kier alpha value is -3.87. The predicted octanol–water partition coefficient (Wildman–Crippen LogP) is 5.48. The minimum absolute atomic E-state index is 0.0409. The number of nitrogens with zero attached hydrogens (tertiary/aromatic N) is 2. The second-order valence-corrected chi connectivity index (χ2v) is 8.72. The molecule has 0 fully saturated rings. The molecule has 1 heterocycles. The number of amides is 1. The fourth-order valence-corrected chi connectivity index (χ4v) is 4.49. The molecule has 0 aliphatic heterocycles. The predicted molar refractivity (Wildman–Crippen MR) is 139 cm³/mol. The molecule has 1 N–H and O–H groups in total. The summed E-state index contributed by atoms with van der Waals surface area (Å²) in [5.41, 5.74) is 3.75. The van der Waals surface area contributed by atoms with Gasteiger partial charge >= 0.3 is 0 Å². The number of rotatable bonds is 11. The van der Waals surface area contributed by atoms with Gasteiger partial charge in [0.05, 0.1) is 25.3 Å². The number of nitrogens with one attached hydrogen (secondary N) is 1. The third-order valence-corrected chi connectivity index (χ3v) is 6.28. The topological polar surface area (TPSA) is 65.4 Å². The van der Waals surface area contributed by atoms with Crippen molar-refractivity contribution in [1.82, 2.24) is 14.9 Å². The fraction of sp³-hybridized carbons (Fsp3) is 0.310. The number of halogens is 1. The van der Waals surface area contributed by atoms with Crippen LogP contribution in [0.25, 0.3) is 11.0 Å². The van der Waals surface area contributed by atoms with E-state index in [1.807, 2.05) is 47.0 Å². The van der Waals surface area contributed by atoms with Crippen molar-refractivity contribution in [2.75, 3.05) is 20.8 Å². The number of fused-ring (bicyclic) bond motifs is 1. The first kappa shape index (κ1) is 25.2. The molecule has 36 heavy (non-hydrogen) atoms. The van der Waals surface area contributed by atoms with Gasteiger partial charge in [-0.15, -0.1) is 0 Å². The van der Waals surface area contributed by atoms with Crippen LogP contribution in [0, 0.1) is 5.82 Å². The molecule has 0 unspecified atom stereocenters. The maximum absolute atomic E-state index is 13.5. The molecule has 7 heteroatoms. The van der Waals surface area contributed by atoms with Crippen LogP contribution in [0.15, 0.2) is 66.7 Å². The normalized spacial score (nSPS) is 11.9. The highest BCUT2D eigenvalue weighted by atomic mass is 19.1. The molecule has 0 saturated heterocycles. The van der Waals surface area contributed by atoms with Gasteiger partial charge in [-0.05, 0) is 60.4 Å². The average molecular weight is 490 g/mol. The fourth-order valence-electron chi connectivity index (χ4n) is 4.49. The largest absolute Gasteiger partial charge is 0.493 e. The average Bonchev–Trinajstić information content (AvgIpc) is 3.25. The Morgan fingerprint density at radius 2 is 1.72 bits per heavy atom. The summed E-state index contributed by atoms with van der Waals surface area (Å²) in [6, 6.07) is 19.7. The molecule has 3 aromatic carbocycles. The smallest absolute Gasteiger partial charge is 0.243 e. The molecule has 188 valence electrons. The zero-order valence-corrected chi connectivity index (χ0v) is 21.0. The Kier molecular flexibility index (Phi) is 8.21. The van der Waals surface area contributed by atoms with E-state index in [2.05, 4.69) is 12.2 Å². The van der Waals surface area contributed by atoms with Crippen LogP contribution in [0.3, 0.4) is 0 Å². The zero-order valence-electron chi connectivity index (χ0n) is 21.0. The van der Waals surface area contributed by atoms with Gasteiger partial charge in [0.15, 0.2) is 11.5 Å². The second kappa shape index (κ2) is 11.7. The van der Waals surface area contributed by atoms with Crippen LogP contribution in [0.4, 0.5) is 4.39 Å². The lowest BCUT2D eigenvalue weighted by Gasteiger charge is -2.21. The van der Waals surface area contributed by atoms with E-state index in [9.17, 15) is 9.18 Å². The first-order valence-electron chi connectivity index (χ1n) is 12.2. The first-order valence-corrected chi connectivity index (χ1v) is 12.2. The first-order chi connectivity index (χ1) is 17.5. The van der Waals surface area contributed by atoms with Crippen LogP contribution in [0.5, 0.6) is 11.5 Å². The monoisotopic (exact) mass is 489 g/mol. The van der Waals surface area contributed by atoms with Gasteiger partial charge in [-0.25, -0.2) is 9.37 Å². The molecule has 0 spiro atoms. The summed E-state index contributed by atoms with van der Waals surface area (Å²) in [6.45, 7) is 2.57. The number of carbonyl (C=O) groups is 1.